The first-order chi connectivity index (χ1) is 15.6. The van der Waals surface area contributed by atoms with Gasteiger partial charge in [-0.25, -0.2) is 13.8 Å². The molecule has 1 amide bonds. The number of nitrogens with zero attached hydrogens (tertiary/aromatic N) is 2. The van der Waals surface area contributed by atoms with Gasteiger partial charge in [-0.15, -0.1) is 11.8 Å². The van der Waals surface area contributed by atoms with Gasteiger partial charge in [0.25, 0.3) is 5.56 Å². The molecule has 0 fully saturated rings. The second kappa shape index (κ2) is 10.1. The molecule has 1 heterocycles. The van der Waals surface area contributed by atoms with Gasteiger partial charge in [0.05, 0.1) is 10.7 Å². The number of thioether (sulfide) groups is 1. The summed E-state index contributed by atoms with van der Waals surface area (Å²) in [7, 11) is 0.767. The first-order valence-electron chi connectivity index (χ1n) is 9.34. The molecule has 34 heavy (non-hydrogen) atoms. The first kappa shape index (κ1) is 27.2. The summed E-state index contributed by atoms with van der Waals surface area (Å²) in [5, 5.41) is 11.9. The highest BCUT2D eigenvalue weighted by atomic mass is 35.5. The zero-order chi connectivity index (χ0) is 26.0. The number of nitrogens with one attached hydrogen (secondary N) is 1. The van der Waals surface area contributed by atoms with Crippen LogP contribution in [0.25, 0.3) is 5.69 Å². The molecule has 2 rings (SSSR count). The summed E-state index contributed by atoms with van der Waals surface area (Å²) in [6.07, 6.45) is -4.12. The van der Waals surface area contributed by atoms with Crippen LogP contribution in [0.5, 0.6) is 0 Å². The minimum atomic E-state index is -5.00. The van der Waals surface area contributed by atoms with Gasteiger partial charge in [0.2, 0.25) is 5.91 Å². The van der Waals surface area contributed by atoms with Gasteiger partial charge in [0, 0.05) is 24.6 Å². The van der Waals surface area contributed by atoms with Crippen molar-refractivity contribution >= 4 is 35.2 Å². The number of aliphatic carboxylic acids is 1. The van der Waals surface area contributed by atoms with Crippen molar-refractivity contribution in [3.05, 3.63) is 68.2 Å². The minimum absolute atomic E-state index is 0.0631. The van der Waals surface area contributed by atoms with E-state index in [4.69, 9.17) is 11.6 Å². The zero-order valence-electron chi connectivity index (χ0n) is 17.7. The van der Waals surface area contributed by atoms with Crippen LogP contribution in [0.15, 0.2) is 45.3 Å². The summed E-state index contributed by atoms with van der Waals surface area (Å²) in [6, 6.07) is 1.76. The van der Waals surface area contributed by atoms with E-state index in [0.717, 1.165) is 19.2 Å². The Morgan fingerprint density at radius 2 is 1.88 bits per heavy atom. The molecule has 0 radical (unpaired) electrons. The summed E-state index contributed by atoms with van der Waals surface area (Å²) in [5.41, 5.74) is -5.15. The number of carbonyl (C=O) groups excluding carboxylic acids is 1. The van der Waals surface area contributed by atoms with Gasteiger partial charge in [-0.05, 0) is 31.6 Å². The second-order valence-electron chi connectivity index (χ2n) is 7.16. The van der Waals surface area contributed by atoms with Gasteiger partial charge in [0.15, 0.2) is 0 Å². The molecule has 2 N–H and O–H groups in total. The van der Waals surface area contributed by atoms with Crippen molar-refractivity contribution in [3.8, 4) is 5.69 Å². The Morgan fingerprint density at radius 1 is 1.26 bits per heavy atom. The van der Waals surface area contributed by atoms with E-state index in [1.807, 2.05) is 0 Å². The molecule has 0 saturated heterocycles. The Balaban J connectivity index is 2.58. The van der Waals surface area contributed by atoms with Crippen LogP contribution < -0.4 is 16.6 Å². The van der Waals surface area contributed by atoms with Gasteiger partial charge in [0.1, 0.15) is 16.3 Å². The van der Waals surface area contributed by atoms with Crippen LogP contribution in [-0.4, -0.2) is 37.4 Å². The third kappa shape index (κ3) is 5.70. The fourth-order valence-electron chi connectivity index (χ4n) is 2.83. The SMILES string of the molecule is C=CC(=O)NCCC(C)(Sc1cc(-n2c(=O)cc(C(F)(F)F)n(C)c2=O)c(F)cc1Cl)C(=O)O. The van der Waals surface area contributed by atoms with Crippen molar-refractivity contribution in [3.63, 3.8) is 0 Å². The van der Waals surface area contributed by atoms with Crippen molar-refractivity contribution in [2.24, 2.45) is 7.05 Å². The Labute approximate surface area is 198 Å². The lowest BCUT2D eigenvalue weighted by molar-refractivity contribution is -0.144. The van der Waals surface area contributed by atoms with E-state index in [2.05, 4.69) is 11.9 Å². The normalized spacial score (nSPS) is 13.3. The van der Waals surface area contributed by atoms with Crippen LogP contribution in [0.1, 0.15) is 19.0 Å². The number of amides is 1. The molecule has 1 atom stereocenters. The van der Waals surface area contributed by atoms with E-state index in [1.165, 1.54) is 6.92 Å². The summed E-state index contributed by atoms with van der Waals surface area (Å²) >= 11 is 6.69. The van der Waals surface area contributed by atoms with Crippen molar-refractivity contribution in [1.29, 1.82) is 0 Å². The van der Waals surface area contributed by atoms with E-state index in [9.17, 15) is 41.8 Å². The highest BCUT2D eigenvalue weighted by Gasteiger charge is 2.37. The van der Waals surface area contributed by atoms with Gasteiger partial charge < -0.3 is 10.4 Å². The van der Waals surface area contributed by atoms with Crippen LogP contribution in [-0.2, 0) is 22.8 Å². The molecule has 0 aliphatic heterocycles. The topological polar surface area (TPSA) is 110 Å². The molecule has 0 saturated carbocycles. The van der Waals surface area contributed by atoms with Gasteiger partial charge in [-0.3, -0.25) is 19.0 Å². The standard InChI is InChI=1S/C20H18ClF4N3O5S/c1-4-15(29)26-6-5-19(2,17(31)32)34-13-8-12(11(22)7-10(13)21)28-16(30)9-14(20(23,24)25)27(3)18(28)33/h4,7-9H,1,5-6H2,2-3H3,(H,26,29)(H,31,32). The highest BCUT2D eigenvalue weighted by molar-refractivity contribution is 8.01. The molecule has 0 aliphatic carbocycles. The number of hydrogen-bond acceptors (Lipinski definition) is 5. The van der Waals surface area contributed by atoms with Gasteiger partial charge >= 0.3 is 17.8 Å². The maximum absolute atomic E-state index is 14.7. The molecule has 8 nitrogen and oxygen atoms in total. The van der Waals surface area contributed by atoms with Crippen molar-refractivity contribution < 1.29 is 32.3 Å². The van der Waals surface area contributed by atoms with Crippen molar-refractivity contribution in [2.45, 2.75) is 29.2 Å². The van der Waals surface area contributed by atoms with Crippen molar-refractivity contribution in [1.82, 2.24) is 14.5 Å². The average Bonchev–Trinajstić information content (AvgIpc) is 2.72. The second-order valence-corrected chi connectivity index (χ2v) is 9.11. The third-order valence-electron chi connectivity index (χ3n) is 4.73. The third-order valence-corrected chi connectivity index (χ3v) is 6.54. The van der Waals surface area contributed by atoms with Crippen LogP contribution in [0, 0.1) is 5.82 Å². The highest BCUT2D eigenvalue weighted by Crippen LogP contribution is 2.40. The van der Waals surface area contributed by atoms with E-state index in [0.29, 0.717) is 17.8 Å². The number of hydrogen-bond donors (Lipinski definition) is 2. The van der Waals surface area contributed by atoms with Gasteiger partial charge in [-0.2, -0.15) is 13.2 Å². The Morgan fingerprint density at radius 3 is 2.41 bits per heavy atom. The van der Waals surface area contributed by atoms with E-state index in [-0.39, 0.29) is 38.1 Å². The summed E-state index contributed by atoms with van der Waals surface area (Å²) in [6.45, 7) is 4.52. The Kier molecular flexibility index (Phi) is 8.04. The quantitative estimate of drug-likeness (QED) is 0.313. The number of rotatable bonds is 8. The predicted molar refractivity (Wildman–Crippen MR) is 117 cm³/mol. The van der Waals surface area contributed by atoms with Crippen LogP contribution in [0.3, 0.4) is 0 Å². The Hall–Kier alpha value is -3.06. The smallest absolute Gasteiger partial charge is 0.431 e. The molecule has 2 aromatic rings. The fourth-order valence-corrected chi connectivity index (χ4v) is 4.20. The van der Waals surface area contributed by atoms with E-state index in [1.54, 1.807) is 0 Å². The minimum Gasteiger partial charge on any atom is -0.480 e. The maximum atomic E-state index is 14.7. The molecule has 184 valence electrons. The summed E-state index contributed by atoms with van der Waals surface area (Å²) < 4.78 is 52.6. The van der Waals surface area contributed by atoms with Crippen molar-refractivity contribution in [2.75, 3.05) is 6.54 Å². The molecule has 1 aromatic heterocycles. The number of carboxylic acid groups (broad SMARTS) is 1. The maximum Gasteiger partial charge on any atom is 0.431 e. The average molecular weight is 524 g/mol. The van der Waals surface area contributed by atoms with E-state index < -0.39 is 51.2 Å². The van der Waals surface area contributed by atoms with Gasteiger partial charge in [-0.1, -0.05) is 18.2 Å². The number of carboxylic acids is 1. The molecule has 1 aromatic carbocycles. The lowest BCUT2D eigenvalue weighted by Crippen LogP contribution is -2.41. The monoisotopic (exact) mass is 523 g/mol. The molecule has 0 spiro atoms. The number of halogens is 5. The Bertz CT molecular complexity index is 1270. The number of benzene rings is 1. The molecule has 1 unspecified atom stereocenters. The lowest BCUT2D eigenvalue weighted by Gasteiger charge is -2.25. The molecule has 14 heteroatoms. The predicted octanol–water partition coefficient (Wildman–Crippen LogP) is 2.98. The van der Waals surface area contributed by atoms with E-state index >= 15 is 0 Å². The molecular formula is C20H18ClF4N3O5S. The number of carbonyl (C=O) groups is 2. The number of aromatic nitrogens is 2. The molecule has 0 bridgehead atoms. The lowest BCUT2D eigenvalue weighted by atomic mass is 10.1. The molecule has 0 aliphatic rings. The number of alkyl halides is 3. The van der Waals surface area contributed by atoms with Crippen LogP contribution in [0.4, 0.5) is 17.6 Å². The first-order valence-corrected chi connectivity index (χ1v) is 10.5. The fraction of sp³-hybridized carbons (Fsp3) is 0.300. The zero-order valence-corrected chi connectivity index (χ0v) is 19.3. The summed E-state index contributed by atoms with van der Waals surface area (Å²) in [4.78, 5) is 48.0. The van der Waals surface area contributed by atoms with Crippen LogP contribution >= 0.6 is 23.4 Å². The summed E-state index contributed by atoms with van der Waals surface area (Å²) in [5.74, 6) is -3.03. The molecular weight excluding hydrogens is 506 g/mol. The van der Waals surface area contributed by atoms with Crippen LogP contribution in [0.2, 0.25) is 5.02 Å². The largest absolute Gasteiger partial charge is 0.480 e.